The third-order valence-electron chi connectivity index (χ3n) is 4.75. The number of aliphatic hydroxyl groups is 1. The van der Waals surface area contributed by atoms with Gasteiger partial charge in [0.2, 0.25) is 0 Å². The Bertz CT molecular complexity index is 863. The van der Waals surface area contributed by atoms with Crippen LogP contribution in [0.4, 0.5) is 0 Å². The zero-order valence-electron chi connectivity index (χ0n) is 14.4. The molecule has 4 rings (SSSR count). The third-order valence-corrected chi connectivity index (χ3v) is 4.75. The Kier molecular flexibility index (Phi) is 4.51. The molecule has 0 radical (unpaired) electrons. The molecule has 0 aromatic heterocycles. The van der Waals surface area contributed by atoms with Crippen LogP contribution in [0.5, 0.6) is 0 Å². The summed E-state index contributed by atoms with van der Waals surface area (Å²) in [5, 5.41) is 10.7. The standard InChI is InChI=1S/C21H18O6/c22-18-16(26-20(24)15-9-5-2-6-10-15)11-12-17-21(18,27-17)13-25-19(23)14-7-3-1-4-8-14/h1-12,16-18,22H,13H2/t16-,17+,18-,21+/m1/s1. The van der Waals surface area contributed by atoms with E-state index >= 15 is 0 Å². The van der Waals surface area contributed by atoms with Crippen molar-refractivity contribution in [1.29, 1.82) is 0 Å². The fourth-order valence-corrected chi connectivity index (χ4v) is 3.14. The summed E-state index contributed by atoms with van der Waals surface area (Å²) in [6, 6.07) is 17.1. The predicted octanol–water partition coefficient (Wildman–Crippen LogP) is 2.14. The van der Waals surface area contributed by atoms with Crippen molar-refractivity contribution in [3.05, 3.63) is 83.9 Å². The maximum absolute atomic E-state index is 12.2. The second kappa shape index (κ2) is 6.98. The van der Waals surface area contributed by atoms with E-state index in [1.54, 1.807) is 72.8 Å². The van der Waals surface area contributed by atoms with Crippen molar-refractivity contribution in [3.63, 3.8) is 0 Å². The van der Waals surface area contributed by atoms with Crippen LogP contribution in [0.15, 0.2) is 72.8 Å². The quantitative estimate of drug-likeness (QED) is 0.496. The first-order valence-electron chi connectivity index (χ1n) is 8.62. The van der Waals surface area contributed by atoms with Crippen LogP contribution >= 0.6 is 0 Å². The van der Waals surface area contributed by atoms with Crippen LogP contribution in [0.2, 0.25) is 0 Å². The van der Waals surface area contributed by atoms with Gasteiger partial charge < -0.3 is 19.3 Å². The molecule has 1 aliphatic heterocycles. The first kappa shape index (κ1) is 17.5. The van der Waals surface area contributed by atoms with Gasteiger partial charge >= 0.3 is 11.9 Å². The van der Waals surface area contributed by atoms with E-state index in [1.807, 2.05) is 0 Å². The first-order valence-corrected chi connectivity index (χ1v) is 8.62. The monoisotopic (exact) mass is 366 g/mol. The zero-order valence-corrected chi connectivity index (χ0v) is 14.4. The van der Waals surface area contributed by atoms with E-state index in [9.17, 15) is 14.7 Å². The largest absolute Gasteiger partial charge is 0.459 e. The van der Waals surface area contributed by atoms with E-state index < -0.39 is 29.7 Å². The van der Waals surface area contributed by atoms with Gasteiger partial charge in [-0.25, -0.2) is 9.59 Å². The number of ether oxygens (including phenoxy) is 3. The summed E-state index contributed by atoms with van der Waals surface area (Å²) in [5.74, 6) is -1.04. The summed E-state index contributed by atoms with van der Waals surface area (Å²) in [6.07, 6.45) is 0.922. The smallest absolute Gasteiger partial charge is 0.338 e. The summed E-state index contributed by atoms with van der Waals surface area (Å²) in [6.45, 7) is -0.129. The fraction of sp³-hybridized carbons (Fsp3) is 0.238. The molecule has 4 atom stereocenters. The highest BCUT2D eigenvalue weighted by atomic mass is 16.7. The van der Waals surface area contributed by atoms with Crippen molar-refractivity contribution in [2.75, 3.05) is 6.61 Å². The molecule has 1 saturated heterocycles. The Morgan fingerprint density at radius 1 is 0.926 bits per heavy atom. The molecule has 6 nitrogen and oxygen atoms in total. The normalized spacial score (nSPS) is 28.1. The van der Waals surface area contributed by atoms with Gasteiger partial charge in [0.05, 0.1) is 11.1 Å². The van der Waals surface area contributed by atoms with E-state index in [0.29, 0.717) is 11.1 Å². The molecule has 6 heteroatoms. The lowest BCUT2D eigenvalue weighted by Crippen LogP contribution is -2.48. The lowest BCUT2D eigenvalue weighted by atomic mass is 9.89. The number of fused-ring (bicyclic) bond motifs is 1. The molecule has 0 spiro atoms. The molecule has 0 bridgehead atoms. The Balaban J connectivity index is 1.41. The maximum Gasteiger partial charge on any atom is 0.338 e. The summed E-state index contributed by atoms with van der Waals surface area (Å²) in [5.41, 5.74) is -0.277. The van der Waals surface area contributed by atoms with Crippen molar-refractivity contribution < 1.29 is 28.9 Å². The van der Waals surface area contributed by atoms with Crippen molar-refractivity contribution in [2.45, 2.75) is 23.9 Å². The molecular weight excluding hydrogens is 348 g/mol. The van der Waals surface area contributed by atoms with E-state index in [1.165, 1.54) is 0 Å². The van der Waals surface area contributed by atoms with Gasteiger partial charge in [0.15, 0.2) is 5.60 Å². The Labute approximate surface area is 156 Å². The number of benzene rings is 2. The number of hydrogen-bond donors (Lipinski definition) is 1. The minimum atomic E-state index is -1.14. The molecule has 0 unspecified atom stereocenters. The van der Waals surface area contributed by atoms with Gasteiger partial charge in [0.1, 0.15) is 24.9 Å². The second-order valence-electron chi connectivity index (χ2n) is 6.50. The van der Waals surface area contributed by atoms with Gasteiger partial charge in [-0.1, -0.05) is 42.5 Å². The third kappa shape index (κ3) is 3.37. The van der Waals surface area contributed by atoms with E-state index in [-0.39, 0.29) is 12.7 Å². The SMILES string of the molecule is O=C(OC[C@]12O[C@H]1C=C[C@@H](OC(=O)c1ccccc1)[C@H]2O)c1ccccc1. The van der Waals surface area contributed by atoms with Gasteiger partial charge in [-0.15, -0.1) is 0 Å². The van der Waals surface area contributed by atoms with E-state index in [0.717, 1.165) is 0 Å². The minimum absolute atomic E-state index is 0.129. The van der Waals surface area contributed by atoms with Crippen LogP contribution in [0, 0.1) is 0 Å². The molecule has 27 heavy (non-hydrogen) atoms. The number of hydrogen-bond acceptors (Lipinski definition) is 6. The highest BCUT2D eigenvalue weighted by Crippen LogP contribution is 2.46. The summed E-state index contributed by atoms with van der Waals surface area (Å²) >= 11 is 0. The van der Waals surface area contributed by atoms with Crippen LogP contribution in [-0.4, -0.2) is 47.6 Å². The molecule has 1 N–H and O–H groups in total. The van der Waals surface area contributed by atoms with E-state index in [4.69, 9.17) is 14.2 Å². The molecule has 2 aromatic carbocycles. The number of carbonyl (C=O) groups is 2. The van der Waals surface area contributed by atoms with Crippen LogP contribution in [0.3, 0.4) is 0 Å². The molecule has 2 aromatic rings. The van der Waals surface area contributed by atoms with Gasteiger partial charge in [-0.3, -0.25) is 0 Å². The topological polar surface area (TPSA) is 85.4 Å². The highest BCUT2D eigenvalue weighted by Gasteiger charge is 2.65. The number of esters is 2. The summed E-state index contributed by atoms with van der Waals surface area (Å²) < 4.78 is 16.3. The average molecular weight is 366 g/mol. The molecule has 138 valence electrons. The van der Waals surface area contributed by atoms with Crippen LogP contribution in [0.1, 0.15) is 20.7 Å². The van der Waals surface area contributed by atoms with Crippen molar-refractivity contribution in [2.24, 2.45) is 0 Å². The Hall–Kier alpha value is -2.96. The zero-order chi connectivity index (χ0) is 18.9. The number of carbonyl (C=O) groups excluding carboxylic acids is 2. The molecule has 1 heterocycles. The van der Waals surface area contributed by atoms with Crippen LogP contribution in [-0.2, 0) is 14.2 Å². The van der Waals surface area contributed by atoms with Crippen molar-refractivity contribution in [1.82, 2.24) is 0 Å². The number of epoxide rings is 1. The maximum atomic E-state index is 12.2. The Morgan fingerprint density at radius 2 is 1.52 bits per heavy atom. The molecule has 2 aliphatic rings. The molecular formula is C21H18O6. The van der Waals surface area contributed by atoms with Crippen LogP contribution in [0.25, 0.3) is 0 Å². The lowest BCUT2D eigenvalue weighted by molar-refractivity contribution is -0.0486. The van der Waals surface area contributed by atoms with Gasteiger partial charge in [-0.05, 0) is 30.3 Å². The molecule has 0 saturated carbocycles. The van der Waals surface area contributed by atoms with Gasteiger partial charge in [0.25, 0.3) is 0 Å². The molecule has 1 aliphatic carbocycles. The highest BCUT2D eigenvalue weighted by molar-refractivity contribution is 5.90. The predicted molar refractivity (Wildman–Crippen MR) is 95.1 cm³/mol. The lowest BCUT2D eigenvalue weighted by Gasteiger charge is -2.28. The number of rotatable bonds is 5. The second-order valence-corrected chi connectivity index (χ2v) is 6.50. The minimum Gasteiger partial charge on any atom is -0.459 e. The van der Waals surface area contributed by atoms with Gasteiger partial charge in [-0.2, -0.15) is 0 Å². The molecule has 0 amide bonds. The summed E-state index contributed by atoms with van der Waals surface area (Å²) in [7, 11) is 0. The van der Waals surface area contributed by atoms with E-state index in [2.05, 4.69) is 0 Å². The van der Waals surface area contributed by atoms with Crippen molar-refractivity contribution >= 4 is 11.9 Å². The first-order chi connectivity index (χ1) is 13.1. The molecule has 1 fully saturated rings. The van der Waals surface area contributed by atoms with Crippen LogP contribution < -0.4 is 0 Å². The number of aliphatic hydroxyl groups excluding tert-OH is 1. The fourth-order valence-electron chi connectivity index (χ4n) is 3.14. The van der Waals surface area contributed by atoms with Crippen molar-refractivity contribution in [3.8, 4) is 0 Å². The Morgan fingerprint density at radius 3 is 2.15 bits per heavy atom. The van der Waals surface area contributed by atoms with Gasteiger partial charge in [0, 0.05) is 0 Å². The average Bonchev–Trinajstić information content (AvgIpc) is 3.45. The summed E-state index contributed by atoms with van der Waals surface area (Å²) in [4.78, 5) is 24.4.